The van der Waals surface area contributed by atoms with Gasteiger partial charge in [-0.25, -0.2) is 0 Å². The van der Waals surface area contributed by atoms with E-state index in [1.165, 1.54) is 16.9 Å². The molecule has 0 bridgehead atoms. The fourth-order valence-corrected chi connectivity index (χ4v) is 5.85. The molecule has 0 unspecified atom stereocenters. The number of carboxylic acids is 1. The van der Waals surface area contributed by atoms with E-state index in [0.717, 1.165) is 62.8 Å². The Morgan fingerprint density at radius 3 is 2.25 bits per heavy atom. The molecule has 1 aromatic carbocycles. The number of nitrogens with zero attached hydrogens (tertiary/aromatic N) is 2. The van der Waals surface area contributed by atoms with Crippen molar-refractivity contribution in [1.29, 1.82) is 0 Å². The molecule has 2 fully saturated rings. The van der Waals surface area contributed by atoms with E-state index in [9.17, 15) is 14.7 Å². The van der Waals surface area contributed by atoms with Crippen LogP contribution in [-0.4, -0.2) is 38.4 Å². The normalized spacial score (nSPS) is 25.9. The Labute approximate surface area is 192 Å². The maximum Gasteiger partial charge on any atom is 0.303 e. The first-order valence-corrected chi connectivity index (χ1v) is 12.4. The second-order valence-electron chi connectivity index (χ2n) is 9.27. The average Bonchev–Trinajstić information content (AvgIpc) is 3.22. The van der Waals surface area contributed by atoms with E-state index in [1.54, 1.807) is 0 Å². The molecular formula is C24H31N3O4S. The lowest BCUT2D eigenvalue weighted by molar-refractivity contribution is -0.138. The number of nitrogens with one attached hydrogen (secondary N) is 1. The van der Waals surface area contributed by atoms with Gasteiger partial charge in [-0.15, -0.1) is 10.2 Å². The number of hydrogen-bond acceptors (Lipinski definition) is 6. The molecule has 2 saturated carbocycles. The molecule has 3 N–H and O–H groups in total. The lowest BCUT2D eigenvalue weighted by Gasteiger charge is -2.28. The third kappa shape index (κ3) is 6.13. The molecule has 1 amide bonds. The van der Waals surface area contributed by atoms with Crippen molar-refractivity contribution in [2.45, 2.75) is 76.2 Å². The van der Waals surface area contributed by atoms with Gasteiger partial charge in [-0.3, -0.25) is 14.9 Å². The van der Waals surface area contributed by atoms with E-state index in [-0.39, 0.29) is 24.3 Å². The molecule has 1 aromatic heterocycles. The van der Waals surface area contributed by atoms with Crippen molar-refractivity contribution in [2.24, 2.45) is 11.8 Å². The summed E-state index contributed by atoms with van der Waals surface area (Å²) in [5.41, 5.74) is 1.80. The van der Waals surface area contributed by atoms with Gasteiger partial charge < -0.3 is 10.2 Å². The zero-order chi connectivity index (χ0) is 22.5. The summed E-state index contributed by atoms with van der Waals surface area (Å²) >= 11 is 1.42. The van der Waals surface area contributed by atoms with Crippen LogP contribution >= 0.6 is 11.3 Å². The third-order valence-electron chi connectivity index (χ3n) is 6.92. The number of carbonyl (C=O) groups excluding carboxylic acids is 1. The van der Waals surface area contributed by atoms with Crippen LogP contribution in [0.5, 0.6) is 0 Å². The van der Waals surface area contributed by atoms with Gasteiger partial charge in [0.05, 0.1) is 6.10 Å². The number of aliphatic hydroxyl groups excluding tert-OH is 1. The number of benzene rings is 1. The van der Waals surface area contributed by atoms with E-state index >= 15 is 0 Å². The van der Waals surface area contributed by atoms with Gasteiger partial charge in [0.2, 0.25) is 5.13 Å². The average molecular weight is 458 g/mol. The Kier molecular flexibility index (Phi) is 7.52. The molecule has 2 aromatic rings. The predicted octanol–water partition coefficient (Wildman–Crippen LogP) is 4.63. The van der Waals surface area contributed by atoms with E-state index < -0.39 is 5.97 Å². The monoisotopic (exact) mass is 457 g/mol. The molecule has 0 radical (unpaired) electrons. The summed E-state index contributed by atoms with van der Waals surface area (Å²) in [5.74, 6) is 0.353. The molecule has 0 saturated heterocycles. The van der Waals surface area contributed by atoms with Crippen LogP contribution in [0.1, 0.15) is 84.6 Å². The minimum absolute atomic E-state index is 0.158. The Morgan fingerprint density at radius 2 is 1.59 bits per heavy atom. The lowest BCUT2D eigenvalue weighted by atomic mass is 9.77. The van der Waals surface area contributed by atoms with Gasteiger partial charge in [0.25, 0.3) is 5.91 Å². The number of amides is 1. The highest BCUT2D eigenvalue weighted by molar-refractivity contribution is 7.15. The highest BCUT2D eigenvalue weighted by Crippen LogP contribution is 2.37. The first-order valence-electron chi connectivity index (χ1n) is 11.6. The summed E-state index contributed by atoms with van der Waals surface area (Å²) in [6, 6.07) is 7.73. The highest BCUT2D eigenvalue weighted by atomic mass is 32.1. The van der Waals surface area contributed by atoms with Crippen LogP contribution in [-0.2, 0) is 11.2 Å². The number of hydrogen-bond donors (Lipinski definition) is 3. The van der Waals surface area contributed by atoms with Crippen LogP contribution < -0.4 is 5.32 Å². The molecule has 0 atom stereocenters. The van der Waals surface area contributed by atoms with Crippen molar-refractivity contribution in [2.75, 3.05) is 5.32 Å². The number of anilines is 1. The Morgan fingerprint density at radius 1 is 0.938 bits per heavy atom. The summed E-state index contributed by atoms with van der Waals surface area (Å²) in [4.78, 5) is 23.5. The van der Waals surface area contributed by atoms with E-state index in [0.29, 0.717) is 22.5 Å². The third-order valence-corrected chi connectivity index (χ3v) is 7.78. The van der Waals surface area contributed by atoms with Gasteiger partial charge in [0.15, 0.2) is 0 Å². The molecule has 8 heteroatoms. The number of aliphatic hydroxyl groups is 1. The Hall–Kier alpha value is -2.32. The number of aromatic nitrogens is 2. The van der Waals surface area contributed by atoms with Crippen molar-refractivity contribution in [3.63, 3.8) is 0 Å². The maximum atomic E-state index is 12.6. The summed E-state index contributed by atoms with van der Waals surface area (Å²) in [6.45, 7) is 0. The fraction of sp³-hybridized carbons (Fsp3) is 0.583. The molecular weight excluding hydrogens is 426 g/mol. The van der Waals surface area contributed by atoms with Crippen LogP contribution in [0.15, 0.2) is 24.3 Å². The van der Waals surface area contributed by atoms with E-state index in [1.807, 2.05) is 24.3 Å². The predicted molar refractivity (Wildman–Crippen MR) is 123 cm³/mol. The fourth-order valence-electron chi connectivity index (χ4n) is 5.01. The summed E-state index contributed by atoms with van der Waals surface area (Å²) in [6.07, 6.45) is 8.57. The summed E-state index contributed by atoms with van der Waals surface area (Å²) < 4.78 is 0. The second kappa shape index (κ2) is 10.5. The van der Waals surface area contributed by atoms with Gasteiger partial charge in [-0.05, 0) is 86.8 Å². The van der Waals surface area contributed by atoms with Crippen molar-refractivity contribution in [3.8, 4) is 0 Å². The largest absolute Gasteiger partial charge is 0.481 e. The topological polar surface area (TPSA) is 112 Å². The molecule has 172 valence electrons. The van der Waals surface area contributed by atoms with Crippen LogP contribution in [0.4, 0.5) is 5.13 Å². The van der Waals surface area contributed by atoms with Gasteiger partial charge in [0.1, 0.15) is 5.01 Å². The molecule has 2 aliphatic rings. The van der Waals surface area contributed by atoms with Crippen LogP contribution in [0.3, 0.4) is 0 Å². The van der Waals surface area contributed by atoms with Crippen LogP contribution in [0.2, 0.25) is 0 Å². The molecule has 4 rings (SSSR count). The van der Waals surface area contributed by atoms with Gasteiger partial charge in [0, 0.05) is 18.4 Å². The lowest BCUT2D eigenvalue weighted by Crippen LogP contribution is -2.19. The van der Waals surface area contributed by atoms with Gasteiger partial charge >= 0.3 is 5.97 Å². The number of carbonyl (C=O) groups is 2. The van der Waals surface area contributed by atoms with Crippen molar-refractivity contribution in [1.82, 2.24) is 10.2 Å². The van der Waals surface area contributed by atoms with Crippen LogP contribution in [0, 0.1) is 11.8 Å². The summed E-state index contributed by atoms with van der Waals surface area (Å²) in [5, 5.41) is 31.3. The Balaban J connectivity index is 1.27. The maximum absolute atomic E-state index is 12.6. The van der Waals surface area contributed by atoms with Crippen molar-refractivity contribution in [3.05, 3.63) is 40.4 Å². The van der Waals surface area contributed by atoms with E-state index in [4.69, 9.17) is 5.11 Å². The molecule has 32 heavy (non-hydrogen) atoms. The molecule has 0 aliphatic heterocycles. The highest BCUT2D eigenvalue weighted by Gasteiger charge is 2.24. The van der Waals surface area contributed by atoms with Gasteiger partial charge in [-0.2, -0.15) is 0 Å². The van der Waals surface area contributed by atoms with Gasteiger partial charge in [-0.1, -0.05) is 23.5 Å². The molecule has 0 spiro atoms. The summed E-state index contributed by atoms with van der Waals surface area (Å²) in [7, 11) is 0. The quantitative estimate of drug-likeness (QED) is 0.559. The smallest absolute Gasteiger partial charge is 0.303 e. The zero-order valence-corrected chi connectivity index (χ0v) is 19.0. The SMILES string of the molecule is O=C(O)CC1CCC(c2ccc(C(=O)Nc3nnc(CC4CCC(O)CC4)s3)cc2)CC1. The zero-order valence-electron chi connectivity index (χ0n) is 18.2. The van der Waals surface area contributed by atoms with Crippen molar-refractivity contribution >= 4 is 28.3 Å². The first kappa shape index (κ1) is 22.9. The van der Waals surface area contributed by atoms with Crippen molar-refractivity contribution < 1.29 is 19.8 Å². The van der Waals surface area contributed by atoms with Crippen LogP contribution in [0.25, 0.3) is 0 Å². The molecule has 1 heterocycles. The molecule has 7 nitrogen and oxygen atoms in total. The first-order chi connectivity index (χ1) is 15.5. The minimum Gasteiger partial charge on any atom is -0.481 e. The second-order valence-corrected chi connectivity index (χ2v) is 10.3. The number of rotatable bonds is 7. The minimum atomic E-state index is -0.708. The Bertz CT molecular complexity index is 914. The standard InChI is InChI=1S/C24H31N3O4S/c28-20-11-3-15(4-12-20)13-21-26-27-24(32-21)25-23(31)19-9-7-18(8-10-19)17-5-1-16(2-6-17)14-22(29)30/h7-10,15-17,20,28H,1-6,11-14H2,(H,29,30)(H,25,27,31). The molecule has 2 aliphatic carbocycles. The number of aliphatic carboxylic acids is 1. The van der Waals surface area contributed by atoms with E-state index in [2.05, 4.69) is 15.5 Å². The number of carboxylic acid groups (broad SMARTS) is 1.